The molecule has 1 aliphatic carbocycles. The molecule has 8 nitrogen and oxygen atoms in total. The van der Waals surface area contributed by atoms with Crippen LogP contribution in [0.3, 0.4) is 0 Å². The van der Waals surface area contributed by atoms with Crippen LogP contribution in [0.1, 0.15) is 38.7 Å². The molecule has 4 N–H and O–H groups in total. The SMILES string of the molecule is Cc1cc(Nc2ncc(F)c(N[C@@H]3CCC[C@@H]3C(N)=O)n2)ccc1N1CC(C)OC(C)C1. The summed E-state index contributed by atoms with van der Waals surface area (Å²) in [6.07, 6.45) is 3.82. The molecular weight excluding hydrogens is 411 g/mol. The van der Waals surface area contributed by atoms with Gasteiger partial charge in [-0.1, -0.05) is 6.42 Å². The maximum atomic E-state index is 14.3. The first-order valence-electron chi connectivity index (χ1n) is 11.2. The third-order valence-electron chi connectivity index (χ3n) is 6.16. The van der Waals surface area contributed by atoms with Crippen LogP contribution in [0.4, 0.5) is 27.5 Å². The molecule has 2 fully saturated rings. The van der Waals surface area contributed by atoms with E-state index in [1.807, 2.05) is 12.1 Å². The molecule has 0 spiro atoms. The van der Waals surface area contributed by atoms with Gasteiger partial charge in [-0.3, -0.25) is 4.79 Å². The number of hydrogen-bond acceptors (Lipinski definition) is 7. The molecule has 1 aromatic carbocycles. The highest BCUT2D eigenvalue weighted by Gasteiger charge is 2.32. The first-order chi connectivity index (χ1) is 15.3. The Hall–Kier alpha value is -2.94. The molecule has 2 unspecified atom stereocenters. The lowest BCUT2D eigenvalue weighted by Crippen LogP contribution is -2.45. The van der Waals surface area contributed by atoms with Gasteiger partial charge in [-0.2, -0.15) is 4.98 Å². The van der Waals surface area contributed by atoms with Gasteiger partial charge < -0.3 is 26.0 Å². The number of carbonyl (C=O) groups excluding carboxylic acids is 1. The minimum Gasteiger partial charge on any atom is -0.372 e. The van der Waals surface area contributed by atoms with Crippen LogP contribution in [0, 0.1) is 18.7 Å². The fourth-order valence-electron chi connectivity index (χ4n) is 4.77. The van der Waals surface area contributed by atoms with Gasteiger partial charge in [0.05, 0.1) is 24.3 Å². The lowest BCUT2D eigenvalue weighted by Gasteiger charge is -2.37. The Bertz CT molecular complexity index is 977. The van der Waals surface area contributed by atoms with Crippen molar-refractivity contribution in [2.45, 2.75) is 58.3 Å². The summed E-state index contributed by atoms with van der Waals surface area (Å²) < 4.78 is 20.2. The van der Waals surface area contributed by atoms with Crippen LogP contribution in [0.5, 0.6) is 0 Å². The van der Waals surface area contributed by atoms with Crippen LogP contribution in [0.2, 0.25) is 0 Å². The zero-order chi connectivity index (χ0) is 22.8. The number of nitrogens with two attached hydrogens (primary N) is 1. The molecule has 1 aliphatic heterocycles. The maximum Gasteiger partial charge on any atom is 0.229 e. The van der Waals surface area contributed by atoms with Crippen molar-refractivity contribution in [1.29, 1.82) is 0 Å². The van der Waals surface area contributed by atoms with E-state index in [0.29, 0.717) is 6.42 Å². The third kappa shape index (κ3) is 4.93. The number of halogens is 1. The molecule has 1 amide bonds. The van der Waals surface area contributed by atoms with Crippen molar-refractivity contribution in [3.8, 4) is 0 Å². The quantitative estimate of drug-likeness (QED) is 0.630. The van der Waals surface area contributed by atoms with Gasteiger partial charge in [0.1, 0.15) is 0 Å². The molecule has 1 saturated carbocycles. The molecule has 32 heavy (non-hydrogen) atoms. The topological polar surface area (TPSA) is 105 Å². The normalized spacial score (nSPS) is 25.6. The van der Waals surface area contributed by atoms with Crippen LogP contribution in [0.15, 0.2) is 24.4 Å². The monoisotopic (exact) mass is 442 g/mol. The van der Waals surface area contributed by atoms with Crippen LogP contribution >= 0.6 is 0 Å². The summed E-state index contributed by atoms with van der Waals surface area (Å²) in [7, 11) is 0. The number of morpholine rings is 1. The summed E-state index contributed by atoms with van der Waals surface area (Å²) >= 11 is 0. The molecule has 0 bridgehead atoms. The second kappa shape index (κ2) is 9.28. The Morgan fingerprint density at radius 3 is 2.69 bits per heavy atom. The van der Waals surface area contributed by atoms with Crippen molar-refractivity contribution in [1.82, 2.24) is 9.97 Å². The predicted molar refractivity (Wildman–Crippen MR) is 123 cm³/mol. The van der Waals surface area contributed by atoms with E-state index in [9.17, 15) is 9.18 Å². The van der Waals surface area contributed by atoms with Crippen molar-refractivity contribution in [2.75, 3.05) is 28.6 Å². The minimum atomic E-state index is -0.562. The van der Waals surface area contributed by atoms with Gasteiger partial charge in [-0.15, -0.1) is 0 Å². The number of amides is 1. The van der Waals surface area contributed by atoms with E-state index in [1.165, 1.54) is 5.69 Å². The van der Waals surface area contributed by atoms with Gasteiger partial charge in [-0.05, 0) is 57.4 Å². The number of nitrogens with zero attached hydrogens (tertiary/aromatic N) is 3. The second-order valence-electron chi connectivity index (χ2n) is 8.87. The number of hydrogen-bond donors (Lipinski definition) is 3. The van der Waals surface area contributed by atoms with Crippen molar-refractivity contribution >= 4 is 29.0 Å². The Labute approximate surface area is 187 Å². The molecule has 2 aromatic rings. The Morgan fingerprint density at radius 2 is 2.00 bits per heavy atom. The summed E-state index contributed by atoms with van der Waals surface area (Å²) in [4.78, 5) is 22.3. The van der Waals surface area contributed by atoms with Crippen molar-refractivity contribution < 1.29 is 13.9 Å². The Balaban J connectivity index is 1.48. The Kier molecular flexibility index (Phi) is 6.45. The highest BCUT2D eigenvalue weighted by molar-refractivity contribution is 5.78. The molecule has 0 radical (unpaired) electrons. The number of aromatic nitrogens is 2. The predicted octanol–water partition coefficient (Wildman–Crippen LogP) is 3.35. The van der Waals surface area contributed by atoms with E-state index in [2.05, 4.69) is 52.3 Å². The summed E-state index contributed by atoms with van der Waals surface area (Å²) in [6.45, 7) is 7.93. The Morgan fingerprint density at radius 1 is 1.25 bits per heavy atom. The average Bonchev–Trinajstić information content (AvgIpc) is 3.18. The number of benzene rings is 1. The maximum absolute atomic E-state index is 14.3. The largest absolute Gasteiger partial charge is 0.372 e. The van der Waals surface area contributed by atoms with Crippen LogP contribution < -0.4 is 21.3 Å². The average molecular weight is 443 g/mol. The molecule has 9 heteroatoms. The van der Waals surface area contributed by atoms with E-state index >= 15 is 0 Å². The van der Waals surface area contributed by atoms with Crippen molar-refractivity contribution in [3.05, 3.63) is 35.8 Å². The molecule has 4 rings (SSSR count). The first kappa shape index (κ1) is 22.3. The first-order valence-corrected chi connectivity index (χ1v) is 11.2. The number of aryl methyl sites for hydroxylation is 1. The lowest BCUT2D eigenvalue weighted by molar-refractivity contribution is -0.121. The summed E-state index contributed by atoms with van der Waals surface area (Å²) in [6, 6.07) is 5.85. The fourth-order valence-corrected chi connectivity index (χ4v) is 4.77. The molecule has 2 heterocycles. The van der Waals surface area contributed by atoms with E-state index in [0.717, 1.165) is 43.4 Å². The number of anilines is 4. The van der Waals surface area contributed by atoms with Gasteiger partial charge in [-0.25, -0.2) is 9.37 Å². The highest BCUT2D eigenvalue weighted by Crippen LogP contribution is 2.30. The van der Waals surface area contributed by atoms with E-state index in [-0.39, 0.29) is 41.8 Å². The summed E-state index contributed by atoms with van der Waals surface area (Å²) in [5, 5.41) is 6.21. The molecule has 172 valence electrons. The number of primary amides is 1. The minimum absolute atomic E-state index is 0.0743. The van der Waals surface area contributed by atoms with Gasteiger partial charge in [0.2, 0.25) is 11.9 Å². The molecule has 1 saturated heterocycles. The third-order valence-corrected chi connectivity index (χ3v) is 6.16. The van der Waals surface area contributed by atoms with E-state index in [4.69, 9.17) is 10.5 Å². The summed E-state index contributed by atoms with van der Waals surface area (Å²) in [5.41, 5.74) is 8.58. The summed E-state index contributed by atoms with van der Waals surface area (Å²) in [5.74, 6) is -0.893. The van der Waals surface area contributed by atoms with Gasteiger partial charge >= 0.3 is 0 Å². The zero-order valence-corrected chi connectivity index (χ0v) is 18.8. The van der Waals surface area contributed by atoms with E-state index in [1.54, 1.807) is 0 Å². The standard InChI is InChI=1S/C23H31FN6O2/c1-13-9-16(7-8-20(13)30-11-14(2)32-15(3)12-30)27-23-26-10-18(24)22(29-23)28-19-6-4-5-17(19)21(25)31/h7-10,14-15,17,19H,4-6,11-12H2,1-3H3,(H2,25,31)(H2,26,27,28,29)/t14?,15?,17-,19+/m0/s1. The smallest absolute Gasteiger partial charge is 0.229 e. The zero-order valence-electron chi connectivity index (χ0n) is 18.8. The molecular formula is C23H31FN6O2. The van der Waals surface area contributed by atoms with Crippen LogP contribution in [-0.4, -0.2) is 47.2 Å². The molecule has 1 aromatic heterocycles. The van der Waals surface area contributed by atoms with E-state index < -0.39 is 5.82 Å². The second-order valence-corrected chi connectivity index (χ2v) is 8.87. The van der Waals surface area contributed by atoms with Gasteiger partial charge in [0.15, 0.2) is 11.6 Å². The number of carbonyl (C=O) groups is 1. The number of ether oxygens (including phenoxy) is 1. The van der Waals surface area contributed by atoms with Crippen molar-refractivity contribution in [3.63, 3.8) is 0 Å². The number of nitrogens with one attached hydrogen (secondary N) is 2. The number of rotatable bonds is 6. The van der Waals surface area contributed by atoms with Crippen LogP contribution in [0.25, 0.3) is 0 Å². The molecule has 4 atom stereocenters. The fraction of sp³-hybridized carbons (Fsp3) is 0.522. The van der Waals surface area contributed by atoms with Gasteiger partial charge in [0, 0.05) is 30.5 Å². The molecule has 2 aliphatic rings. The van der Waals surface area contributed by atoms with Gasteiger partial charge in [0.25, 0.3) is 0 Å². The highest BCUT2D eigenvalue weighted by atomic mass is 19.1. The van der Waals surface area contributed by atoms with Crippen molar-refractivity contribution in [2.24, 2.45) is 11.7 Å². The van der Waals surface area contributed by atoms with Crippen LogP contribution in [-0.2, 0) is 9.53 Å². The lowest BCUT2D eigenvalue weighted by atomic mass is 10.0.